The monoisotopic (exact) mass is 359 g/mol. The Morgan fingerprint density at radius 3 is 2.27 bits per heavy atom. The van der Waals surface area contributed by atoms with Crippen LogP contribution in [0.1, 0.15) is 82.3 Å². The van der Waals surface area contributed by atoms with Crippen LogP contribution in [0.3, 0.4) is 0 Å². The third-order valence-electron chi connectivity index (χ3n) is 5.49. The van der Waals surface area contributed by atoms with Gasteiger partial charge in [0.25, 0.3) is 0 Å². The molecule has 2 atom stereocenters. The maximum absolute atomic E-state index is 12.4. The Morgan fingerprint density at radius 1 is 1.00 bits per heavy atom. The standard InChI is InChI=1S/C23H37NO2/c1-2-3-4-5-6-7-8-9-10-19-11-13-20(14-12-19)17-23(26)22-18-21(25)15-16-24-22/h11-14,21-22,24-25H,2-10,15-18H2,1H3/t21-,22?/m1/s1. The number of nitrogens with one attached hydrogen (secondary N) is 1. The zero-order valence-electron chi connectivity index (χ0n) is 16.5. The van der Waals surface area contributed by atoms with E-state index in [0.29, 0.717) is 12.8 Å². The lowest BCUT2D eigenvalue weighted by atomic mass is 9.94. The molecule has 0 bridgehead atoms. The molecule has 26 heavy (non-hydrogen) atoms. The highest BCUT2D eigenvalue weighted by Gasteiger charge is 2.25. The molecule has 1 aromatic carbocycles. The van der Waals surface area contributed by atoms with Gasteiger partial charge in [0.15, 0.2) is 5.78 Å². The van der Waals surface area contributed by atoms with Gasteiger partial charge in [-0.3, -0.25) is 4.79 Å². The molecule has 146 valence electrons. The van der Waals surface area contributed by atoms with Crippen molar-refractivity contribution in [3.8, 4) is 0 Å². The van der Waals surface area contributed by atoms with Gasteiger partial charge in [-0.25, -0.2) is 0 Å². The number of hydrogen-bond acceptors (Lipinski definition) is 3. The van der Waals surface area contributed by atoms with E-state index in [-0.39, 0.29) is 17.9 Å². The van der Waals surface area contributed by atoms with Crippen molar-refractivity contribution in [3.63, 3.8) is 0 Å². The summed E-state index contributed by atoms with van der Waals surface area (Å²) in [5.41, 5.74) is 2.45. The number of ketones is 1. The summed E-state index contributed by atoms with van der Waals surface area (Å²) in [4.78, 5) is 12.4. The van der Waals surface area contributed by atoms with Crippen molar-refractivity contribution in [2.24, 2.45) is 0 Å². The van der Waals surface area contributed by atoms with Crippen molar-refractivity contribution in [3.05, 3.63) is 35.4 Å². The number of carbonyl (C=O) groups excluding carboxylic acids is 1. The number of rotatable bonds is 12. The van der Waals surface area contributed by atoms with Gasteiger partial charge < -0.3 is 10.4 Å². The molecule has 1 aliphatic rings. The zero-order chi connectivity index (χ0) is 18.6. The summed E-state index contributed by atoms with van der Waals surface area (Å²) in [6.07, 6.45) is 13.4. The molecule has 1 heterocycles. The topological polar surface area (TPSA) is 49.3 Å². The van der Waals surface area contributed by atoms with Crippen LogP contribution in [0.2, 0.25) is 0 Å². The predicted octanol–water partition coefficient (Wildman–Crippen LogP) is 4.59. The van der Waals surface area contributed by atoms with Crippen LogP contribution in [0.25, 0.3) is 0 Å². The smallest absolute Gasteiger partial charge is 0.154 e. The van der Waals surface area contributed by atoms with Crippen molar-refractivity contribution >= 4 is 5.78 Å². The molecule has 0 aromatic heterocycles. The molecule has 1 aliphatic heterocycles. The van der Waals surface area contributed by atoms with E-state index in [4.69, 9.17) is 0 Å². The van der Waals surface area contributed by atoms with E-state index in [1.54, 1.807) is 0 Å². The fourth-order valence-corrected chi connectivity index (χ4v) is 3.75. The minimum absolute atomic E-state index is 0.184. The number of unbranched alkanes of at least 4 members (excludes halogenated alkanes) is 7. The van der Waals surface area contributed by atoms with Crippen molar-refractivity contribution in [1.82, 2.24) is 5.32 Å². The first kappa shape index (κ1) is 21.1. The van der Waals surface area contributed by atoms with Crippen molar-refractivity contribution < 1.29 is 9.90 Å². The van der Waals surface area contributed by atoms with Gasteiger partial charge in [-0.2, -0.15) is 0 Å². The lowest BCUT2D eigenvalue weighted by Gasteiger charge is -2.26. The average Bonchev–Trinajstić information content (AvgIpc) is 2.65. The van der Waals surface area contributed by atoms with Crippen LogP contribution in [-0.4, -0.2) is 29.6 Å². The number of aliphatic hydroxyl groups is 1. The molecule has 1 fully saturated rings. The fourth-order valence-electron chi connectivity index (χ4n) is 3.75. The number of benzene rings is 1. The van der Waals surface area contributed by atoms with Crippen LogP contribution >= 0.6 is 0 Å². The molecule has 0 saturated carbocycles. The largest absolute Gasteiger partial charge is 0.393 e. The molecule has 0 aliphatic carbocycles. The van der Waals surface area contributed by atoms with E-state index < -0.39 is 0 Å². The molecule has 3 nitrogen and oxygen atoms in total. The lowest BCUT2D eigenvalue weighted by molar-refractivity contribution is -0.121. The Labute approximate surface area is 159 Å². The average molecular weight is 360 g/mol. The van der Waals surface area contributed by atoms with E-state index in [0.717, 1.165) is 24.9 Å². The first-order valence-corrected chi connectivity index (χ1v) is 10.7. The molecule has 0 radical (unpaired) electrons. The quantitative estimate of drug-likeness (QED) is 0.537. The Hall–Kier alpha value is -1.19. The second-order valence-corrected chi connectivity index (χ2v) is 7.87. The van der Waals surface area contributed by atoms with Crippen LogP contribution in [-0.2, 0) is 17.6 Å². The summed E-state index contributed by atoms with van der Waals surface area (Å²) in [5, 5.41) is 12.9. The van der Waals surface area contributed by atoms with Crippen molar-refractivity contribution in [1.29, 1.82) is 0 Å². The van der Waals surface area contributed by atoms with E-state index in [2.05, 4.69) is 36.5 Å². The number of Topliss-reactive ketones (excluding diaryl/α,β-unsaturated/α-hetero) is 1. The van der Waals surface area contributed by atoms with Crippen LogP contribution < -0.4 is 5.32 Å². The molecule has 1 unspecified atom stereocenters. The summed E-state index contributed by atoms with van der Waals surface area (Å²) in [6.45, 7) is 2.99. The molecule has 3 heteroatoms. The summed E-state index contributed by atoms with van der Waals surface area (Å²) < 4.78 is 0. The number of aliphatic hydroxyl groups excluding tert-OH is 1. The Morgan fingerprint density at radius 2 is 1.62 bits per heavy atom. The maximum atomic E-state index is 12.4. The second-order valence-electron chi connectivity index (χ2n) is 7.87. The number of aryl methyl sites for hydroxylation is 1. The number of hydrogen-bond donors (Lipinski definition) is 2. The third-order valence-corrected chi connectivity index (χ3v) is 5.49. The van der Waals surface area contributed by atoms with Gasteiger partial charge in [0.2, 0.25) is 0 Å². The minimum atomic E-state index is -0.334. The van der Waals surface area contributed by atoms with Gasteiger partial charge in [-0.15, -0.1) is 0 Å². The Balaban J connectivity index is 1.62. The maximum Gasteiger partial charge on any atom is 0.154 e. The van der Waals surface area contributed by atoms with Gasteiger partial charge in [0, 0.05) is 6.42 Å². The molecule has 0 amide bonds. The van der Waals surface area contributed by atoms with E-state index in [1.165, 1.54) is 56.9 Å². The van der Waals surface area contributed by atoms with Crippen LogP contribution in [0.15, 0.2) is 24.3 Å². The van der Waals surface area contributed by atoms with Gasteiger partial charge in [-0.1, -0.05) is 76.1 Å². The highest BCUT2D eigenvalue weighted by atomic mass is 16.3. The number of piperidine rings is 1. The van der Waals surface area contributed by atoms with Crippen LogP contribution in [0.5, 0.6) is 0 Å². The molecule has 2 rings (SSSR count). The molecule has 1 aromatic rings. The fraction of sp³-hybridized carbons (Fsp3) is 0.696. The van der Waals surface area contributed by atoms with Gasteiger partial charge in [0.1, 0.15) is 0 Å². The normalized spacial score (nSPS) is 20.2. The summed E-state index contributed by atoms with van der Waals surface area (Å²) in [6, 6.07) is 8.35. The minimum Gasteiger partial charge on any atom is -0.393 e. The highest BCUT2D eigenvalue weighted by Crippen LogP contribution is 2.15. The first-order valence-electron chi connectivity index (χ1n) is 10.7. The lowest BCUT2D eigenvalue weighted by Crippen LogP contribution is -2.45. The Bertz CT molecular complexity index is 511. The van der Waals surface area contributed by atoms with Crippen LogP contribution in [0, 0.1) is 0 Å². The SMILES string of the molecule is CCCCCCCCCCc1ccc(CC(=O)C2C[C@H](O)CCN2)cc1. The Kier molecular flexibility index (Phi) is 9.94. The molecular weight excluding hydrogens is 322 g/mol. The molecule has 2 N–H and O–H groups in total. The van der Waals surface area contributed by atoms with Gasteiger partial charge >= 0.3 is 0 Å². The summed E-state index contributed by atoms with van der Waals surface area (Å²) in [7, 11) is 0. The van der Waals surface area contributed by atoms with E-state index >= 15 is 0 Å². The van der Waals surface area contributed by atoms with E-state index in [9.17, 15) is 9.90 Å². The van der Waals surface area contributed by atoms with Crippen molar-refractivity contribution in [2.75, 3.05) is 6.54 Å². The molecular formula is C23H37NO2. The first-order chi connectivity index (χ1) is 12.7. The summed E-state index contributed by atoms with van der Waals surface area (Å²) in [5.74, 6) is 0.194. The summed E-state index contributed by atoms with van der Waals surface area (Å²) >= 11 is 0. The number of carbonyl (C=O) groups is 1. The molecule has 1 saturated heterocycles. The zero-order valence-corrected chi connectivity index (χ0v) is 16.5. The highest BCUT2D eigenvalue weighted by molar-refractivity contribution is 5.86. The van der Waals surface area contributed by atoms with Gasteiger partial charge in [-0.05, 0) is 43.4 Å². The van der Waals surface area contributed by atoms with E-state index in [1.807, 2.05) is 0 Å². The molecule has 0 spiro atoms. The van der Waals surface area contributed by atoms with Gasteiger partial charge in [0.05, 0.1) is 12.1 Å². The van der Waals surface area contributed by atoms with Crippen molar-refractivity contribution in [2.45, 2.75) is 96.1 Å². The van der Waals surface area contributed by atoms with Crippen LogP contribution in [0.4, 0.5) is 0 Å². The second kappa shape index (κ2) is 12.2. The predicted molar refractivity (Wildman–Crippen MR) is 108 cm³/mol. The third kappa shape index (κ3) is 8.01.